The van der Waals surface area contributed by atoms with Gasteiger partial charge in [-0.05, 0) is 143 Å². The smallest absolute Gasteiger partial charge is 0.246 e. The first-order valence-electron chi connectivity index (χ1n) is 43.2. The van der Waals surface area contributed by atoms with E-state index in [1.807, 2.05) is 120 Å². The van der Waals surface area contributed by atoms with Gasteiger partial charge < -0.3 is 81.3 Å². The van der Waals surface area contributed by atoms with E-state index in [2.05, 4.69) is 36.9 Å². The monoisotopic (exact) mass is 1710 g/mol. The number of thiazole rings is 1. The molecule has 2 aromatic rings. The largest absolute Gasteiger partial charge is 0.391 e. The Hall–Kier alpha value is -8.91. The lowest BCUT2D eigenvalue weighted by atomic mass is 9.85. The zero-order valence-electron chi connectivity index (χ0n) is 77.5. The molecule has 2 saturated heterocycles. The zero-order chi connectivity index (χ0) is 92.0. The van der Waals surface area contributed by atoms with Crippen LogP contribution in [-0.4, -0.2) is 284 Å². The van der Waals surface area contributed by atoms with E-state index in [0.29, 0.717) is 19.3 Å². The topological polar surface area (TPSA) is 390 Å². The van der Waals surface area contributed by atoms with Crippen LogP contribution in [0.4, 0.5) is 0 Å². The van der Waals surface area contributed by atoms with Gasteiger partial charge in [-0.1, -0.05) is 154 Å². The highest BCUT2D eigenvalue weighted by atomic mass is 32.1. The van der Waals surface area contributed by atoms with Crippen molar-refractivity contribution in [3.05, 3.63) is 53.2 Å². The summed E-state index contributed by atoms with van der Waals surface area (Å²) < 4.78 is 0. The fourth-order valence-electron chi connectivity index (χ4n) is 15.6. The van der Waals surface area contributed by atoms with Crippen molar-refractivity contribution in [1.82, 2.24) is 76.1 Å². The molecule has 0 bridgehead atoms. The number of carbonyl (C=O) groups is 14. The molecule has 680 valence electrons. The molecule has 2 aliphatic rings. The highest BCUT2D eigenvalue weighted by molar-refractivity contribution is 7.13. The first kappa shape index (κ1) is 104. The molecule has 16 atom stereocenters. The van der Waals surface area contributed by atoms with Crippen LogP contribution >= 0.6 is 11.3 Å². The summed E-state index contributed by atoms with van der Waals surface area (Å²) in [4.78, 5) is 221. The second-order valence-corrected chi connectivity index (χ2v) is 38.0. The summed E-state index contributed by atoms with van der Waals surface area (Å²) in [5.74, 6) is -12.0. The molecule has 8 N–H and O–H groups in total. The highest BCUT2D eigenvalue weighted by Crippen LogP contribution is 2.32. The third-order valence-electron chi connectivity index (χ3n) is 23.1. The Morgan fingerprint density at radius 2 is 1.08 bits per heavy atom. The van der Waals surface area contributed by atoms with Crippen LogP contribution in [0.2, 0.25) is 0 Å². The molecule has 3 heterocycles. The SMILES string of the molecule is CC[C@@H]1NC(=O)[C@H]([C@H](O)[C@H](C)C/C=C/CCCCC(=O)N[C@H](C(=O)N2C[C@H](O)C[C@H]2C(=O)N[C@@H](C)c2ccc(-c3scnc3C)cc2)C(C)(C)C)N(C)C(=O)[C@H](C(C)C)N(C)C(=O)[C@H](CC(C)C)N(C)C(=O)[C@H](CC(C)C)N(C)C(=O)[C@@H](C)NC(=O)[C@H](C)NC(=O)[C@H](CC(C)C)N(C)C(=O)[C@H](C(C)C)NC(=O)[C@H](CC(C)C)N(C)C(=O)CN(C)C1=O. The summed E-state index contributed by atoms with van der Waals surface area (Å²) in [7, 11) is 9.77. The van der Waals surface area contributed by atoms with E-state index in [4.69, 9.17) is 0 Å². The van der Waals surface area contributed by atoms with E-state index < -0.39 is 203 Å². The van der Waals surface area contributed by atoms with Crippen LogP contribution in [-0.2, 0) is 67.1 Å². The average Bonchev–Trinajstić information content (AvgIpc) is 1.70. The number of aliphatic hydroxyl groups excluding tert-OH is 2. The van der Waals surface area contributed by atoms with Crippen molar-refractivity contribution in [2.45, 2.75) is 307 Å². The van der Waals surface area contributed by atoms with E-state index in [1.165, 1.54) is 104 Å². The number of allylic oxidation sites excluding steroid dienone is 2. The second-order valence-electron chi connectivity index (χ2n) is 37.1. The highest BCUT2D eigenvalue weighted by Gasteiger charge is 2.48. The van der Waals surface area contributed by atoms with Crippen molar-refractivity contribution in [3.63, 3.8) is 0 Å². The Bertz CT molecular complexity index is 3900. The van der Waals surface area contributed by atoms with Gasteiger partial charge in [-0.15, -0.1) is 11.3 Å². The Balaban J connectivity index is 1.71. The van der Waals surface area contributed by atoms with E-state index in [9.17, 15) is 58.2 Å². The molecule has 32 heteroatoms. The lowest BCUT2D eigenvalue weighted by Gasteiger charge is -2.41. The van der Waals surface area contributed by atoms with Gasteiger partial charge in [0, 0.05) is 68.7 Å². The van der Waals surface area contributed by atoms with Crippen LogP contribution in [0, 0.1) is 53.8 Å². The maximum atomic E-state index is 15.6. The molecule has 14 amide bonds. The van der Waals surface area contributed by atoms with Gasteiger partial charge in [0.1, 0.15) is 72.5 Å². The summed E-state index contributed by atoms with van der Waals surface area (Å²) in [6.07, 6.45) is 3.03. The van der Waals surface area contributed by atoms with Crippen LogP contribution < -0.4 is 31.9 Å². The molecule has 0 spiro atoms. The maximum Gasteiger partial charge on any atom is 0.246 e. The Morgan fingerprint density at radius 1 is 0.579 bits per heavy atom. The zero-order valence-corrected chi connectivity index (χ0v) is 78.3. The Morgan fingerprint density at radius 3 is 1.60 bits per heavy atom. The predicted octanol–water partition coefficient (Wildman–Crippen LogP) is 6.61. The van der Waals surface area contributed by atoms with Crippen molar-refractivity contribution >= 4 is 94.0 Å². The number of hydrogen-bond acceptors (Lipinski definition) is 18. The van der Waals surface area contributed by atoms with Gasteiger partial charge in [0.2, 0.25) is 82.7 Å². The molecule has 1 aromatic heterocycles. The van der Waals surface area contributed by atoms with Crippen LogP contribution in [0.1, 0.15) is 226 Å². The number of benzene rings is 1. The lowest BCUT2D eigenvalue weighted by Crippen LogP contribution is -2.63. The molecule has 1 aromatic carbocycles. The van der Waals surface area contributed by atoms with Gasteiger partial charge in [0.25, 0.3) is 0 Å². The molecule has 31 nitrogen and oxygen atoms in total. The molecule has 121 heavy (non-hydrogen) atoms. The third kappa shape index (κ3) is 29.1. The van der Waals surface area contributed by atoms with Gasteiger partial charge in [0.05, 0.1) is 40.9 Å². The molecule has 0 aliphatic carbocycles. The number of amides is 14. The van der Waals surface area contributed by atoms with Crippen molar-refractivity contribution in [2.75, 3.05) is 62.4 Å². The Kier molecular flexibility index (Phi) is 40.6. The number of rotatable bonds is 26. The number of β-amino-alcohol motifs (C(OH)–C–C–N with tert-alkyl or cyclic N) is 1. The van der Waals surface area contributed by atoms with Crippen molar-refractivity contribution in [2.24, 2.45) is 46.8 Å². The molecule has 0 saturated carbocycles. The first-order valence-corrected chi connectivity index (χ1v) is 44.1. The molecule has 2 fully saturated rings. The van der Waals surface area contributed by atoms with Crippen LogP contribution in [0.3, 0.4) is 0 Å². The van der Waals surface area contributed by atoms with E-state index in [-0.39, 0.29) is 81.6 Å². The molecule has 0 radical (unpaired) electrons. The normalized spacial score (nSPS) is 24.9. The van der Waals surface area contributed by atoms with Gasteiger partial charge in [-0.25, -0.2) is 4.98 Å². The number of aromatic nitrogens is 1. The third-order valence-corrected chi connectivity index (χ3v) is 24.1. The number of nitrogens with zero attached hydrogens (tertiary/aromatic N) is 9. The number of carbonyl (C=O) groups excluding carboxylic acids is 14. The van der Waals surface area contributed by atoms with E-state index >= 15 is 19.2 Å². The van der Waals surface area contributed by atoms with Crippen LogP contribution in [0.5, 0.6) is 0 Å². The molecule has 2 aliphatic heterocycles. The van der Waals surface area contributed by atoms with Gasteiger partial charge in [0.15, 0.2) is 0 Å². The Labute approximate surface area is 723 Å². The fourth-order valence-corrected chi connectivity index (χ4v) is 16.4. The number of aryl methyl sites for hydroxylation is 1. The summed E-state index contributed by atoms with van der Waals surface area (Å²) in [6.45, 7) is 36.3. The number of likely N-dealkylation sites (tertiary alicyclic amines) is 1. The van der Waals surface area contributed by atoms with E-state index in [0.717, 1.165) is 31.5 Å². The minimum absolute atomic E-state index is 0.0183. The van der Waals surface area contributed by atoms with Gasteiger partial charge >= 0.3 is 0 Å². The van der Waals surface area contributed by atoms with Crippen molar-refractivity contribution in [1.29, 1.82) is 0 Å². The number of likely N-dealkylation sites (N-methyl/N-ethyl adjacent to an activating group) is 7. The maximum absolute atomic E-state index is 15.6. The number of aliphatic hydroxyl groups is 2. The van der Waals surface area contributed by atoms with Gasteiger partial charge in [-0.3, -0.25) is 67.1 Å². The minimum atomic E-state index is -1.75. The standard InChI is InChI=1S/C89H147N15O16S/c1-29-63-83(115)97(22)47-70(107)98(23)64(41-49(2)3)79(111)96-71(53(10)11)86(118)99(24)65(42-50(4)5)78(110)92-58(17)77(109)93-59(18)82(114)100(25)67(43-51(6)7)84(116)101(26)68(44-52(8)9)85(117)102(27)72(54(12)13)87(119)103(28)73(81(113)94-63)74(108)55(14)35-33-31-30-32-34-36-69(106)95-76(89(19,20)21)88(120)104-46-62(105)45-66(104)80(112)91-56(15)60-37-39-61(40-38-60)75-57(16)90-48-121-75/h31,33,37-40,48-56,58-59,62-68,71-74,76,105,108H,29-30,32,34-36,41-47H2,1-28H3,(H,91,112)(H,92,110)(H,93,109)(H,94,113)(H,95,106)(H,96,111)/b33-31+/t55-,56+,58+,59-,62-,63+,64+,65+,66+,67+,68+,71+,72+,73+,74-,76-/m1/s1. The first-order chi connectivity index (χ1) is 56.2. The summed E-state index contributed by atoms with van der Waals surface area (Å²) in [5, 5.41) is 40.5. The number of nitrogens with one attached hydrogen (secondary N) is 6. The van der Waals surface area contributed by atoms with E-state index in [1.54, 1.807) is 53.1 Å². The summed E-state index contributed by atoms with van der Waals surface area (Å²) >= 11 is 1.54. The molecular weight excluding hydrogens is 1570 g/mol. The predicted molar refractivity (Wildman–Crippen MR) is 468 cm³/mol. The second kappa shape index (κ2) is 47.1. The van der Waals surface area contributed by atoms with Crippen LogP contribution in [0.25, 0.3) is 10.4 Å². The summed E-state index contributed by atoms with van der Waals surface area (Å²) in [6, 6.07) is -7.66. The van der Waals surface area contributed by atoms with Crippen LogP contribution in [0.15, 0.2) is 41.9 Å². The minimum Gasteiger partial charge on any atom is -0.391 e. The van der Waals surface area contributed by atoms with Crippen molar-refractivity contribution < 1.29 is 77.3 Å². The lowest BCUT2D eigenvalue weighted by molar-refractivity contribution is -0.157. The van der Waals surface area contributed by atoms with Crippen molar-refractivity contribution in [3.8, 4) is 10.4 Å². The number of hydrogen-bond donors (Lipinski definition) is 8. The molecule has 0 unspecified atom stereocenters. The summed E-state index contributed by atoms with van der Waals surface area (Å²) in [5.41, 5.74) is 3.76. The number of unbranched alkanes of at least 4 members (excludes halogenated alkanes) is 2. The average molecular weight is 1720 g/mol. The quantitative estimate of drug-likeness (QED) is 0.0363. The molecular formula is C89H147N15O16S. The van der Waals surface area contributed by atoms with Gasteiger partial charge in [-0.2, -0.15) is 0 Å². The fraction of sp³-hybridized carbons (Fsp3) is 0.719. The molecule has 4 rings (SSSR count).